The first-order chi connectivity index (χ1) is 16.0. The van der Waals surface area contributed by atoms with Gasteiger partial charge in [-0.25, -0.2) is 9.97 Å². The Labute approximate surface area is 194 Å². The van der Waals surface area contributed by atoms with Crippen molar-refractivity contribution >= 4 is 22.6 Å². The van der Waals surface area contributed by atoms with Crippen LogP contribution in [0.1, 0.15) is 36.8 Å². The smallest absolute Gasteiger partial charge is 0.239 e. The fraction of sp³-hybridized carbons (Fsp3) is 0.423. The summed E-state index contributed by atoms with van der Waals surface area (Å²) in [5.41, 5.74) is 2.31. The third-order valence-electron chi connectivity index (χ3n) is 7.09. The fourth-order valence-electron chi connectivity index (χ4n) is 5.14. The number of aromatic nitrogens is 2. The van der Waals surface area contributed by atoms with E-state index in [1.807, 2.05) is 55.5 Å². The number of aliphatic hydroxyl groups is 1. The first kappa shape index (κ1) is 21.8. The minimum absolute atomic E-state index is 0.0267. The molecule has 1 amide bonds. The summed E-state index contributed by atoms with van der Waals surface area (Å²) in [6.07, 6.45) is 5.05. The summed E-state index contributed by atoms with van der Waals surface area (Å²) in [5.74, 6) is 0.656. The van der Waals surface area contributed by atoms with Crippen LogP contribution in [0.2, 0.25) is 0 Å². The van der Waals surface area contributed by atoms with E-state index in [1.54, 1.807) is 0 Å². The van der Waals surface area contributed by atoms with Crippen LogP contribution >= 0.6 is 0 Å². The van der Waals surface area contributed by atoms with E-state index in [9.17, 15) is 9.90 Å². The molecular formula is C26H31N5O2. The Bertz CT molecular complexity index is 1120. The monoisotopic (exact) mass is 445 g/mol. The zero-order chi connectivity index (χ0) is 22.8. The molecule has 5 rings (SSSR count). The summed E-state index contributed by atoms with van der Waals surface area (Å²) in [4.78, 5) is 23.5. The molecule has 2 fully saturated rings. The van der Waals surface area contributed by atoms with E-state index in [2.05, 4.69) is 25.5 Å². The number of anilines is 1. The zero-order valence-corrected chi connectivity index (χ0v) is 19.0. The number of nitrogens with zero attached hydrogens (tertiary/aromatic N) is 3. The molecule has 0 bridgehead atoms. The van der Waals surface area contributed by atoms with E-state index in [0.29, 0.717) is 11.9 Å². The summed E-state index contributed by atoms with van der Waals surface area (Å²) in [7, 11) is 0. The number of hydrogen-bond donors (Lipinski definition) is 3. The van der Waals surface area contributed by atoms with Gasteiger partial charge in [0.05, 0.1) is 23.7 Å². The quantitative estimate of drug-likeness (QED) is 0.541. The van der Waals surface area contributed by atoms with Crippen LogP contribution in [0.4, 0.5) is 5.82 Å². The van der Waals surface area contributed by atoms with E-state index >= 15 is 0 Å². The van der Waals surface area contributed by atoms with Crippen molar-refractivity contribution in [2.45, 2.75) is 50.3 Å². The van der Waals surface area contributed by atoms with Crippen LogP contribution in [-0.4, -0.2) is 57.6 Å². The lowest BCUT2D eigenvalue weighted by molar-refractivity contribution is -0.121. The highest BCUT2D eigenvalue weighted by atomic mass is 16.3. The predicted molar refractivity (Wildman–Crippen MR) is 129 cm³/mol. The van der Waals surface area contributed by atoms with Crippen LogP contribution in [-0.2, 0) is 10.4 Å². The van der Waals surface area contributed by atoms with E-state index in [4.69, 9.17) is 0 Å². The van der Waals surface area contributed by atoms with Gasteiger partial charge in [0.15, 0.2) is 0 Å². The van der Waals surface area contributed by atoms with Crippen molar-refractivity contribution in [3.8, 4) is 0 Å². The molecular weight excluding hydrogens is 414 g/mol. The molecule has 0 spiro atoms. The lowest BCUT2D eigenvalue weighted by Gasteiger charge is -2.48. The van der Waals surface area contributed by atoms with E-state index in [0.717, 1.165) is 60.8 Å². The Morgan fingerprint density at radius 2 is 1.88 bits per heavy atom. The summed E-state index contributed by atoms with van der Waals surface area (Å²) in [5, 5.41) is 18.3. The summed E-state index contributed by atoms with van der Waals surface area (Å²) in [6.45, 7) is 3.95. The molecule has 172 valence electrons. The molecule has 1 aromatic heterocycles. The molecule has 33 heavy (non-hydrogen) atoms. The average molecular weight is 446 g/mol. The molecule has 0 radical (unpaired) electrons. The van der Waals surface area contributed by atoms with Gasteiger partial charge in [0.2, 0.25) is 5.91 Å². The number of rotatable bonds is 6. The molecule has 2 heterocycles. The van der Waals surface area contributed by atoms with Crippen molar-refractivity contribution in [3.63, 3.8) is 0 Å². The van der Waals surface area contributed by atoms with Gasteiger partial charge in [-0.05, 0) is 50.3 Å². The summed E-state index contributed by atoms with van der Waals surface area (Å²) < 4.78 is 0. The second-order valence-electron chi connectivity index (χ2n) is 9.44. The van der Waals surface area contributed by atoms with Crippen molar-refractivity contribution < 1.29 is 9.90 Å². The topological polar surface area (TPSA) is 90.4 Å². The minimum Gasteiger partial charge on any atom is -0.385 e. The zero-order valence-electron chi connectivity index (χ0n) is 19.0. The van der Waals surface area contributed by atoms with Crippen LogP contribution < -0.4 is 10.6 Å². The Kier molecular flexibility index (Phi) is 6.00. The Morgan fingerprint density at radius 1 is 1.12 bits per heavy atom. The van der Waals surface area contributed by atoms with Crippen molar-refractivity contribution in [3.05, 3.63) is 66.0 Å². The number of aryl methyl sites for hydroxylation is 1. The second-order valence-corrected chi connectivity index (χ2v) is 9.44. The van der Waals surface area contributed by atoms with Crippen molar-refractivity contribution in [1.29, 1.82) is 0 Å². The molecule has 0 unspecified atom stereocenters. The molecule has 7 nitrogen and oxygen atoms in total. The molecule has 3 N–H and O–H groups in total. The number of carbonyl (C=O) groups excluding carboxylic acids is 1. The highest BCUT2D eigenvalue weighted by Crippen LogP contribution is 2.39. The van der Waals surface area contributed by atoms with Gasteiger partial charge in [-0.15, -0.1) is 0 Å². The van der Waals surface area contributed by atoms with Crippen LogP contribution in [0.15, 0.2) is 54.9 Å². The number of nitrogens with one attached hydrogen (secondary N) is 2. The maximum Gasteiger partial charge on any atom is 0.239 e. The maximum absolute atomic E-state index is 12.5. The fourth-order valence-corrected chi connectivity index (χ4v) is 5.14. The van der Waals surface area contributed by atoms with Crippen LogP contribution in [0, 0.1) is 6.92 Å². The Hall–Kier alpha value is -3.03. The lowest BCUT2D eigenvalue weighted by atomic mass is 9.76. The summed E-state index contributed by atoms with van der Waals surface area (Å²) >= 11 is 0. The van der Waals surface area contributed by atoms with Crippen molar-refractivity contribution in [1.82, 2.24) is 20.2 Å². The molecule has 1 aliphatic carbocycles. The standard InChI is InChI=1S/C26H31N5O2/c1-18-7-8-23-22(13-18)25(29-17-28-23)27-14-24(32)30-20-15-31(16-20)21-9-11-26(33,12-10-21)19-5-3-2-4-6-19/h2-8,13,17,20-21,33H,9-12,14-16H2,1H3,(H,30,32)(H,27,28,29)/t21-,26-. The molecule has 7 heteroatoms. The van der Waals surface area contributed by atoms with E-state index < -0.39 is 5.60 Å². The van der Waals surface area contributed by atoms with Crippen molar-refractivity contribution in [2.75, 3.05) is 25.0 Å². The molecule has 1 saturated heterocycles. The minimum atomic E-state index is -0.703. The Morgan fingerprint density at radius 3 is 2.64 bits per heavy atom. The van der Waals surface area contributed by atoms with E-state index in [-0.39, 0.29) is 18.5 Å². The van der Waals surface area contributed by atoms with Gasteiger partial charge in [0, 0.05) is 24.5 Å². The van der Waals surface area contributed by atoms with Gasteiger partial charge >= 0.3 is 0 Å². The highest BCUT2D eigenvalue weighted by molar-refractivity contribution is 5.91. The number of hydrogen-bond acceptors (Lipinski definition) is 6. The van der Waals surface area contributed by atoms with Crippen LogP contribution in [0.3, 0.4) is 0 Å². The first-order valence-electron chi connectivity index (χ1n) is 11.8. The normalized spacial score (nSPS) is 23.8. The SMILES string of the molecule is Cc1ccc2ncnc(NCC(=O)NC3CN([C@H]4CC[C@@](O)(c5ccccc5)CC4)C3)c2c1. The Balaban J connectivity index is 1.07. The van der Waals surface area contributed by atoms with Gasteiger partial charge in [-0.1, -0.05) is 42.0 Å². The third kappa shape index (κ3) is 4.70. The molecule has 2 aromatic carbocycles. The van der Waals surface area contributed by atoms with Gasteiger partial charge in [-0.3, -0.25) is 9.69 Å². The van der Waals surface area contributed by atoms with Gasteiger partial charge < -0.3 is 15.7 Å². The average Bonchev–Trinajstić information content (AvgIpc) is 2.81. The second kappa shape index (κ2) is 9.08. The van der Waals surface area contributed by atoms with Gasteiger partial charge in [0.1, 0.15) is 12.1 Å². The number of benzene rings is 2. The number of fused-ring (bicyclic) bond motifs is 1. The molecule has 1 aliphatic heterocycles. The third-order valence-corrected chi connectivity index (χ3v) is 7.09. The molecule has 2 aliphatic rings. The molecule has 0 atom stereocenters. The molecule has 1 saturated carbocycles. The van der Waals surface area contributed by atoms with Crippen LogP contribution in [0.5, 0.6) is 0 Å². The largest absolute Gasteiger partial charge is 0.385 e. The highest BCUT2D eigenvalue weighted by Gasteiger charge is 2.40. The van der Waals surface area contributed by atoms with Gasteiger partial charge in [-0.2, -0.15) is 0 Å². The number of amides is 1. The first-order valence-corrected chi connectivity index (χ1v) is 11.8. The molecule has 3 aromatic rings. The van der Waals surface area contributed by atoms with Crippen molar-refractivity contribution in [2.24, 2.45) is 0 Å². The predicted octanol–water partition coefficient (Wildman–Crippen LogP) is 2.98. The summed E-state index contributed by atoms with van der Waals surface area (Å²) in [6, 6.07) is 16.7. The van der Waals surface area contributed by atoms with Gasteiger partial charge in [0.25, 0.3) is 0 Å². The lowest BCUT2D eigenvalue weighted by Crippen LogP contribution is -2.63. The number of likely N-dealkylation sites (tertiary alicyclic amines) is 1. The maximum atomic E-state index is 12.5. The number of carbonyl (C=O) groups is 1. The van der Waals surface area contributed by atoms with Crippen LogP contribution in [0.25, 0.3) is 10.9 Å². The van der Waals surface area contributed by atoms with E-state index in [1.165, 1.54) is 6.33 Å².